The standard InChI is InChI=1S/C22H23BrFN3O3/c1-26(14-20(28)25-19-4-2-3-18(24)13-19)21(29)16-9-11-27(12-10-16)22(30)15-5-7-17(23)8-6-15/h2-8,13,16H,9-12,14H2,1H3,(H,25,28). The van der Waals surface area contributed by atoms with Crippen molar-refractivity contribution in [3.63, 3.8) is 0 Å². The fraction of sp³-hybridized carbons (Fsp3) is 0.318. The quantitative estimate of drug-likeness (QED) is 0.718. The molecule has 1 aliphatic rings. The van der Waals surface area contributed by atoms with Crippen LogP contribution in [-0.4, -0.2) is 54.2 Å². The molecule has 1 N–H and O–H groups in total. The molecule has 1 fully saturated rings. The Morgan fingerprint density at radius 3 is 2.43 bits per heavy atom. The largest absolute Gasteiger partial charge is 0.339 e. The summed E-state index contributed by atoms with van der Waals surface area (Å²) in [7, 11) is 1.58. The maximum Gasteiger partial charge on any atom is 0.253 e. The Bertz CT molecular complexity index is 927. The molecule has 3 rings (SSSR count). The summed E-state index contributed by atoms with van der Waals surface area (Å²) in [5.41, 5.74) is 0.967. The van der Waals surface area contributed by atoms with Gasteiger partial charge in [0.15, 0.2) is 0 Å². The van der Waals surface area contributed by atoms with Gasteiger partial charge in [-0.1, -0.05) is 22.0 Å². The summed E-state index contributed by atoms with van der Waals surface area (Å²) in [5.74, 6) is -1.23. The number of amides is 3. The van der Waals surface area contributed by atoms with Gasteiger partial charge in [-0.2, -0.15) is 0 Å². The minimum absolute atomic E-state index is 0.0452. The first kappa shape index (κ1) is 22.0. The molecule has 0 saturated carbocycles. The molecule has 1 aliphatic heterocycles. The van der Waals surface area contributed by atoms with Crippen LogP contribution in [0.2, 0.25) is 0 Å². The van der Waals surface area contributed by atoms with Gasteiger partial charge in [-0.05, 0) is 55.3 Å². The second-order valence-corrected chi connectivity index (χ2v) is 8.24. The number of hydrogen-bond donors (Lipinski definition) is 1. The smallest absolute Gasteiger partial charge is 0.253 e. The molecule has 0 radical (unpaired) electrons. The van der Waals surface area contributed by atoms with Gasteiger partial charge in [0, 0.05) is 41.8 Å². The van der Waals surface area contributed by atoms with Gasteiger partial charge in [0.1, 0.15) is 5.82 Å². The van der Waals surface area contributed by atoms with Gasteiger partial charge in [0.2, 0.25) is 11.8 Å². The molecular weight excluding hydrogens is 453 g/mol. The average molecular weight is 476 g/mol. The van der Waals surface area contributed by atoms with E-state index in [9.17, 15) is 18.8 Å². The number of piperidine rings is 1. The lowest BCUT2D eigenvalue weighted by Gasteiger charge is -2.33. The lowest BCUT2D eigenvalue weighted by molar-refractivity contribution is -0.138. The second-order valence-electron chi connectivity index (χ2n) is 7.33. The Balaban J connectivity index is 1.48. The highest BCUT2D eigenvalue weighted by Crippen LogP contribution is 2.21. The highest BCUT2D eigenvalue weighted by Gasteiger charge is 2.30. The van der Waals surface area contributed by atoms with E-state index < -0.39 is 5.82 Å². The van der Waals surface area contributed by atoms with Crippen LogP contribution in [0.25, 0.3) is 0 Å². The molecule has 1 saturated heterocycles. The van der Waals surface area contributed by atoms with E-state index in [1.165, 1.54) is 23.1 Å². The zero-order valence-corrected chi connectivity index (χ0v) is 18.2. The van der Waals surface area contributed by atoms with Crippen LogP contribution in [-0.2, 0) is 9.59 Å². The Hall–Kier alpha value is -2.74. The average Bonchev–Trinajstić information content (AvgIpc) is 2.73. The van der Waals surface area contributed by atoms with Crippen LogP contribution in [0.5, 0.6) is 0 Å². The summed E-state index contributed by atoms with van der Waals surface area (Å²) in [4.78, 5) is 40.6. The van der Waals surface area contributed by atoms with Crippen molar-refractivity contribution < 1.29 is 18.8 Å². The number of hydrogen-bond acceptors (Lipinski definition) is 3. The number of benzene rings is 2. The van der Waals surface area contributed by atoms with E-state index in [4.69, 9.17) is 0 Å². The Labute approximate surface area is 183 Å². The molecule has 6 nitrogen and oxygen atoms in total. The van der Waals surface area contributed by atoms with Crippen LogP contribution >= 0.6 is 15.9 Å². The molecule has 0 atom stereocenters. The van der Waals surface area contributed by atoms with Crippen molar-refractivity contribution in [2.75, 3.05) is 32.0 Å². The summed E-state index contributed by atoms with van der Waals surface area (Å²) in [6.45, 7) is 0.872. The first-order valence-electron chi connectivity index (χ1n) is 9.68. The fourth-order valence-corrected chi connectivity index (χ4v) is 3.74. The molecular formula is C22H23BrFN3O3. The van der Waals surface area contributed by atoms with E-state index >= 15 is 0 Å². The molecule has 30 heavy (non-hydrogen) atoms. The lowest BCUT2D eigenvalue weighted by atomic mass is 9.95. The van der Waals surface area contributed by atoms with Crippen LogP contribution in [0, 0.1) is 11.7 Å². The zero-order valence-electron chi connectivity index (χ0n) is 16.6. The SMILES string of the molecule is CN(CC(=O)Nc1cccc(F)c1)C(=O)C1CCN(C(=O)c2ccc(Br)cc2)CC1. The van der Waals surface area contributed by atoms with Gasteiger partial charge in [-0.15, -0.1) is 0 Å². The molecule has 0 unspecified atom stereocenters. The van der Waals surface area contributed by atoms with Gasteiger partial charge in [0.25, 0.3) is 5.91 Å². The van der Waals surface area contributed by atoms with E-state index in [1.54, 1.807) is 30.1 Å². The summed E-state index contributed by atoms with van der Waals surface area (Å²) < 4.78 is 14.1. The predicted molar refractivity (Wildman–Crippen MR) is 115 cm³/mol. The highest BCUT2D eigenvalue weighted by molar-refractivity contribution is 9.10. The number of carbonyl (C=O) groups excluding carboxylic acids is 3. The molecule has 0 aromatic heterocycles. The summed E-state index contributed by atoms with van der Waals surface area (Å²) >= 11 is 3.35. The molecule has 0 spiro atoms. The summed E-state index contributed by atoms with van der Waals surface area (Å²) in [5, 5.41) is 2.59. The minimum Gasteiger partial charge on any atom is -0.339 e. The van der Waals surface area contributed by atoms with Crippen molar-refractivity contribution in [1.82, 2.24) is 9.80 Å². The molecule has 1 heterocycles. The van der Waals surface area contributed by atoms with Crippen molar-refractivity contribution in [2.45, 2.75) is 12.8 Å². The highest BCUT2D eigenvalue weighted by atomic mass is 79.9. The van der Waals surface area contributed by atoms with Crippen LogP contribution < -0.4 is 5.32 Å². The number of halogens is 2. The number of carbonyl (C=O) groups is 3. The van der Waals surface area contributed by atoms with Crippen LogP contribution in [0.3, 0.4) is 0 Å². The van der Waals surface area contributed by atoms with Gasteiger partial charge < -0.3 is 15.1 Å². The van der Waals surface area contributed by atoms with Crippen LogP contribution in [0.15, 0.2) is 53.0 Å². The third-order valence-corrected chi connectivity index (χ3v) is 5.62. The maximum absolute atomic E-state index is 13.2. The molecule has 0 bridgehead atoms. The third-order valence-electron chi connectivity index (χ3n) is 5.09. The van der Waals surface area contributed by atoms with Gasteiger partial charge in [-0.25, -0.2) is 4.39 Å². The van der Waals surface area contributed by atoms with Gasteiger partial charge in [0.05, 0.1) is 6.54 Å². The molecule has 0 aliphatic carbocycles. The Morgan fingerprint density at radius 2 is 1.80 bits per heavy atom. The van der Waals surface area contributed by atoms with E-state index in [1.807, 2.05) is 12.1 Å². The van der Waals surface area contributed by atoms with Gasteiger partial charge >= 0.3 is 0 Å². The van der Waals surface area contributed by atoms with Crippen molar-refractivity contribution in [3.05, 3.63) is 64.4 Å². The number of likely N-dealkylation sites (tertiary alicyclic amines) is 1. The lowest BCUT2D eigenvalue weighted by Crippen LogP contribution is -2.45. The molecule has 158 valence electrons. The summed E-state index contributed by atoms with van der Waals surface area (Å²) in [6.07, 6.45) is 1.11. The van der Waals surface area contributed by atoms with Crippen molar-refractivity contribution >= 4 is 39.3 Å². The Kier molecular flexibility index (Phi) is 7.20. The normalized spacial score (nSPS) is 14.3. The first-order valence-corrected chi connectivity index (χ1v) is 10.5. The second kappa shape index (κ2) is 9.84. The topological polar surface area (TPSA) is 69.7 Å². The van der Waals surface area contributed by atoms with Crippen LogP contribution in [0.1, 0.15) is 23.2 Å². The molecule has 3 amide bonds. The zero-order chi connectivity index (χ0) is 21.7. The fourth-order valence-electron chi connectivity index (χ4n) is 3.48. The van der Waals surface area contributed by atoms with E-state index in [2.05, 4.69) is 21.2 Å². The molecule has 2 aromatic carbocycles. The van der Waals surface area contributed by atoms with Crippen molar-refractivity contribution in [1.29, 1.82) is 0 Å². The molecule has 2 aromatic rings. The first-order chi connectivity index (χ1) is 14.3. The number of nitrogens with one attached hydrogen (secondary N) is 1. The number of likely N-dealkylation sites (N-methyl/N-ethyl adjacent to an activating group) is 1. The summed E-state index contributed by atoms with van der Waals surface area (Å²) in [6, 6.07) is 12.8. The minimum atomic E-state index is -0.443. The van der Waals surface area contributed by atoms with E-state index in [-0.39, 0.29) is 30.2 Å². The molecule has 8 heteroatoms. The third kappa shape index (κ3) is 5.66. The Morgan fingerprint density at radius 1 is 1.13 bits per heavy atom. The predicted octanol–water partition coefficient (Wildman–Crippen LogP) is 3.54. The number of nitrogens with zero attached hydrogens (tertiary/aromatic N) is 2. The van der Waals surface area contributed by atoms with Crippen molar-refractivity contribution in [2.24, 2.45) is 5.92 Å². The van der Waals surface area contributed by atoms with Crippen molar-refractivity contribution in [3.8, 4) is 0 Å². The van der Waals surface area contributed by atoms with E-state index in [0.717, 1.165) is 4.47 Å². The number of anilines is 1. The van der Waals surface area contributed by atoms with Crippen LogP contribution in [0.4, 0.5) is 10.1 Å². The monoisotopic (exact) mass is 475 g/mol. The van der Waals surface area contributed by atoms with Gasteiger partial charge in [-0.3, -0.25) is 14.4 Å². The maximum atomic E-state index is 13.2. The number of rotatable bonds is 5. The van der Waals surface area contributed by atoms with E-state index in [0.29, 0.717) is 37.2 Å².